The van der Waals surface area contributed by atoms with Gasteiger partial charge in [0.25, 0.3) is 6.43 Å². The van der Waals surface area contributed by atoms with Gasteiger partial charge in [-0.05, 0) is 6.92 Å². The van der Waals surface area contributed by atoms with Crippen molar-refractivity contribution < 1.29 is 13.5 Å². The highest BCUT2D eigenvalue weighted by molar-refractivity contribution is 5.30. The molecular weight excluding hydrogens is 154 g/mol. The highest BCUT2D eigenvalue weighted by Gasteiger charge is 2.19. The zero-order valence-electron chi connectivity index (χ0n) is 6.19. The van der Waals surface area contributed by atoms with Crippen LogP contribution in [0, 0.1) is 6.92 Å². The summed E-state index contributed by atoms with van der Waals surface area (Å²) >= 11 is 0. The molecule has 0 spiro atoms. The van der Waals surface area contributed by atoms with Gasteiger partial charge in [-0.3, -0.25) is 5.10 Å². The lowest BCUT2D eigenvalue weighted by molar-refractivity contribution is 0.146. The van der Waals surface area contributed by atoms with Crippen molar-refractivity contribution in [3.05, 3.63) is 11.3 Å². The Balaban J connectivity index is 3.07. The third kappa shape index (κ3) is 1.31. The molecule has 0 aliphatic carbocycles. The SMILES string of the molecule is COc1n[nH]c(C)c1C(F)F. The Kier molecular flexibility index (Phi) is 2.07. The molecule has 1 heterocycles. The van der Waals surface area contributed by atoms with E-state index in [0.29, 0.717) is 5.69 Å². The summed E-state index contributed by atoms with van der Waals surface area (Å²) in [6, 6.07) is 0. The standard InChI is InChI=1S/C6H8F2N2O/c1-3-4(5(7)8)6(11-2)10-9-3/h5H,1-2H3,(H,9,10). The number of nitrogens with one attached hydrogen (secondary N) is 1. The smallest absolute Gasteiger partial charge is 0.270 e. The zero-order chi connectivity index (χ0) is 8.43. The number of nitrogens with zero attached hydrogens (tertiary/aromatic N) is 1. The van der Waals surface area contributed by atoms with Crippen LogP contribution in [0.3, 0.4) is 0 Å². The third-order valence-corrected chi connectivity index (χ3v) is 1.37. The molecule has 0 fully saturated rings. The predicted octanol–water partition coefficient (Wildman–Crippen LogP) is 1.66. The Morgan fingerprint density at radius 2 is 2.18 bits per heavy atom. The Hall–Kier alpha value is -1.13. The van der Waals surface area contributed by atoms with E-state index in [9.17, 15) is 8.78 Å². The number of ether oxygens (including phenoxy) is 1. The van der Waals surface area contributed by atoms with Gasteiger partial charge in [-0.15, -0.1) is 5.10 Å². The van der Waals surface area contributed by atoms with Gasteiger partial charge in [-0.25, -0.2) is 8.78 Å². The number of methoxy groups -OCH3 is 1. The average Bonchev–Trinajstić information content (AvgIpc) is 2.30. The second-order valence-electron chi connectivity index (χ2n) is 2.07. The van der Waals surface area contributed by atoms with Crippen molar-refractivity contribution in [2.45, 2.75) is 13.3 Å². The van der Waals surface area contributed by atoms with E-state index in [1.807, 2.05) is 0 Å². The van der Waals surface area contributed by atoms with E-state index in [2.05, 4.69) is 14.9 Å². The summed E-state index contributed by atoms with van der Waals surface area (Å²) < 4.78 is 28.9. The fraction of sp³-hybridized carbons (Fsp3) is 0.500. The van der Waals surface area contributed by atoms with Crippen molar-refractivity contribution >= 4 is 0 Å². The second kappa shape index (κ2) is 2.86. The molecule has 0 aliphatic heterocycles. The molecular formula is C6H8F2N2O. The summed E-state index contributed by atoms with van der Waals surface area (Å²) in [7, 11) is 1.31. The van der Waals surface area contributed by atoms with Crippen LogP contribution in [0.15, 0.2) is 0 Å². The monoisotopic (exact) mass is 162 g/mol. The van der Waals surface area contributed by atoms with Gasteiger partial charge in [-0.2, -0.15) is 0 Å². The maximum Gasteiger partial charge on any atom is 0.270 e. The van der Waals surface area contributed by atoms with Gasteiger partial charge < -0.3 is 4.74 Å². The van der Waals surface area contributed by atoms with Crippen LogP contribution in [0.25, 0.3) is 0 Å². The summed E-state index contributed by atoms with van der Waals surface area (Å²) in [5, 5.41) is 5.94. The highest BCUT2D eigenvalue weighted by Crippen LogP contribution is 2.28. The number of halogens is 2. The summed E-state index contributed by atoms with van der Waals surface area (Å²) in [5.41, 5.74) is 0.185. The van der Waals surface area contributed by atoms with E-state index < -0.39 is 6.43 Å². The number of aromatic nitrogens is 2. The van der Waals surface area contributed by atoms with Crippen LogP contribution in [-0.4, -0.2) is 17.3 Å². The highest BCUT2D eigenvalue weighted by atomic mass is 19.3. The number of hydrogen-bond donors (Lipinski definition) is 1. The molecule has 0 aromatic carbocycles. The van der Waals surface area contributed by atoms with Crippen LogP contribution in [0.1, 0.15) is 17.7 Å². The molecule has 0 aliphatic rings. The van der Waals surface area contributed by atoms with Crippen molar-refractivity contribution in [2.75, 3.05) is 7.11 Å². The first-order valence-electron chi connectivity index (χ1n) is 3.03. The van der Waals surface area contributed by atoms with E-state index in [1.165, 1.54) is 14.0 Å². The largest absolute Gasteiger partial charge is 0.480 e. The van der Waals surface area contributed by atoms with Crippen molar-refractivity contribution in [1.29, 1.82) is 0 Å². The fourth-order valence-corrected chi connectivity index (χ4v) is 0.828. The van der Waals surface area contributed by atoms with Crippen molar-refractivity contribution in [1.82, 2.24) is 10.2 Å². The molecule has 11 heavy (non-hydrogen) atoms. The van der Waals surface area contributed by atoms with E-state index in [-0.39, 0.29) is 11.4 Å². The third-order valence-electron chi connectivity index (χ3n) is 1.37. The lowest BCUT2D eigenvalue weighted by Gasteiger charge is -1.98. The van der Waals surface area contributed by atoms with E-state index in [1.54, 1.807) is 0 Å². The minimum atomic E-state index is -2.54. The first kappa shape index (κ1) is 7.97. The second-order valence-corrected chi connectivity index (χ2v) is 2.07. The molecule has 0 unspecified atom stereocenters. The maximum absolute atomic E-state index is 12.2. The number of aryl methyl sites for hydroxylation is 1. The molecule has 0 amide bonds. The van der Waals surface area contributed by atoms with Crippen LogP contribution in [0.4, 0.5) is 8.78 Å². The molecule has 1 aromatic rings. The van der Waals surface area contributed by atoms with E-state index >= 15 is 0 Å². The van der Waals surface area contributed by atoms with Crippen LogP contribution in [-0.2, 0) is 0 Å². The number of rotatable bonds is 2. The number of alkyl halides is 2. The first-order valence-corrected chi connectivity index (χ1v) is 3.03. The minimum absolute atomic E-state index is 0.0301. The number of aromatic amines is 1. The Morgan fingerprint density at radius 3 is 2.55 bits per heavy atom. The summed E-state index contributed by atoms with van der Waals surface area (Å²) in [4.78, 5) is 0. The van der Waals surface area contributed by atoms with Gasteiger partial charge in [0, 0.05) is 5.69 Å². The summed E-state index contributed by atoms with van der Waals surface area (Å²) in [5.74, 6) is -0.0301. The molecule has 1 rings (SSSR count). The zero-order valence-corrected chi connectivity index (χ0v) is 6.19. The van der Waals surface area contributed by atoms with Gasteiger partial charge >= 0.3 is 0 Å². The number of hydrogen-bond acceptors (Lipinski definition) is 2. The van der Waals surface area contributed by atoms with Crippen LogP contribution < -0.4 is 4.74 Å². The molecule has 62 valence electrons. The van der Waals surface area contributed by atoms with E-state index in [4.69, 9.17) is 0 Å². The van der Waals surface area contributed by atoms with Crippen LogP contribution >= 0.6 is 0 Å². The van der Waals surface area contributed by atoms with Gasteiger partial charge in [0.05, 0.1) is 7.11 Å². The fourth-order valence-electron chi connectivity index (χ4n) is 0.828. The predicted molar refractivity (Wildman–Crippen MR) is 34.8 cm³/mol. The molecule has 1 N–H and O–H groups in total. The Bertz CT molecular complexity index is 247. The van der Waals surface area contributed by atoms with Crippen molar-refractivity contribution in [2.24, 2.45) is 0 Å². The molecule has 0 saturated carbocycles. The lowest BCUT2D eigenvalue weighted by atomic mass is 10.3. The van der Waals surface area contributed by atoms with Crippen molar-refractivity contribution in [3.63, 3.8) is 0 Å². The lowest BCUT2D eigenvalue weighted by Crippen LogP contribution is -1.90. The maximum atomic E-state index is 12.2. The molecule has 5 heteroatoms. The van der Waals surface area contributed by atoms with Crippen LogP contribution in [0.5, 0.6) is 5.88 Å². The summed E-state index contributed by atoms with van der Waals surface area (Å²) in [6.07, 6.45) is -2.54. The van der Waals surface area contributed by atoms with Crippen LogP contribution in [0.2, 0.25) is 0 Å². The Morgan fingerprint density at radius 1 is 1.55 bits per heavy atom. The van der Waals surface area contributed by atoms with E-state index in [0.717, 1.165) is 0 Å². The van der Waals surface area contributed by atoms with Gasteiger partial charge in [0.15, 0.2) is 0 Å². The topological polar surface area (TPSA) is 37.9 Å². The summed E-state index contributed by atoms with van der Waals surface area (Å²) in [6.45, 7) is 1.52. The molecule has 1 aromatic heterocycles. The normalized spacial score (nSPS) is 10.6. The first-order chi connectivity index (χ1) is 5.16. The molecule has 0 bridgehead atoms. The number of H-pyrrole nitrogens is 1. The minimum Gasteiger partial charge on any atom is -0.480 e. The van der Waals surface area contributed by atoms with Crippen molar-refractivity contribution in [3.8, 4) is 5.88 Å². The Labute approximate surface area is 62.4 Å². The molecule has 0 atom stereocenters. The molecule has 0 saturated heterocycles. The average molecular weight is 162 g/mol. The molecule has 0 radical (unpaired) electrons. The molecule has 3 nitrogen and oxygen atoms in total. The quantitative estimate of drug-likeness (QED) is 0.718. The van der Waals surface area contributed by atoms with Gasteiger partial charge in [0.2, 0.25) is 5.88 Å². The van der Waals surface area contributed by atoms with Gasteiger partial charge in [0.1, 0.15) is 5.56 Å². The van der Waals surface area contributed by atoms with Gasteiger partial charge in [-0.1, -0.05) is 0 Å².